The molecule has 2 fully saturated rings. The standard InChI is InChI=1S/C15H28F3N3/c1-13-3-2-5-14(11-19,6-4-13)21-9-7-20(8-10-21)12-15(16,17)18/h13H,2-12,19H2,1H3. The fraction of sp³-hybridized carbons (Fsp3) is 1.00. The molecule has 0 radical (unpaired) electrons. The highest BCUT2D eigenvalue weighted by molar-refractivity contribution is 4.96. The maximum Gasteiger partial charge on any atom is 0.401 e. The molecule has 0 amide bonds. The van der Waals surface area contributed by atoms with Crippen LogP contribution in [0, 0.1) is 5.92 Å². The van der Waals surface area contributed by atoms with Gasteiger partial charge in [0.25, 0.3) is 0 Å². The largest absolute Gasteiger partial charge is 0.401 e. The van der Waals surface area contributed by atoms with Crippen molar-refractivity contribution in [2.45, 2.75) is 50.7 Å². The highest BCUT2D eigenvalue weighted by atomic mass is 19.4. The Morgan fingerprint density at radius 3 is 2.33 bits per heavy atom. The van der Waals surface area contributed by atoms with Gasteiger partial charge < -0.3 is 5.73 Å². The molecule has 1 saturated carbocycles. The Morgan fingerprint density at radius 2 is 1.76 bits per heavy atom. The quantitative estimate of drug-likeness (QED) is 0.813. The van der Waals surface area contributed by atoms with Crippen LogP contribution in [-0.2, 0) is 0 Å². The Morgan fingerprint density at radius 1 is 1.10 bits per heavy atom. The lowest BCUT2D eigenvalue weighted by atomic mass is 9.87. The number of nitrogens with two attached hydrogens (primary N) is 1. The van der Waals surface area contributed by atoms with Gasteiger partial charge in [0, 0.05) is 38.3 Å². The van der Waals surface area contributed by atoms with Gasteiger partial charge in [0.2, 0.25) is 0 Å². The minimum atomic E-state index is -4.09. The van der Waals surface area contributed by atoms with Gasteiger partial charge in [0.15, 0.2) is 0 Å². The molecule has 2 atom stereocenters. The lowest BCUT2D eigenvalue weighted by Gasteiger charge is -2.47. The van der Waals surface area contributed by atoms with Crippen molar-refractivity contribution in [2.24, 2.45) is 11.7 Å². The monoisotopic (exact) mass is 307 g/mol. The van der Waals surface area contributed by atoms with Crippen LogP contribution >= 0.6 is 0 Å². The molecule has 1 saturated heterocycles. The van der Waals surface area contributed by atoms with E-state index in [1.165, 1.54) is 24.2 Å². The second-order valence-corrected chi connectivity index (χ2v) is 6.84. The zero-order chi connectivity index (χ0) is 15.5. The average molecular weight is 307 g/mol. The Labute approximate surface area is 125 Å². The molecule has 0 aromatic carbocycles. The molecule has 6 heteroatoms. The second kappa shape index (κ2) is 6.84. The molecule has 2 rings (SSSR count). The van der Waals surface area contributed by atoms with Crippen LogP contribution in [0.1, 0.15) is 39.0 Å². The first-order chi connectivity index (χ1) is 9.85. The molecular formula is C15H28F3N3. The molecule has 0 aromatic heterocycles. The van der Waals surface area contributed by atoms with E-state index >= 15 is 0 Å². The average Bonchev–Trinajstić information content (AvgIpc) is 2.61. The molecule has 0 bridgehead atoms. The number of nitrogens with zero attached hydrogens (tertiary/aromatic N) is 2. The van der Waals surface area contributed by atoms with Gasteiger partial charge in [-0.2, -0.15) is 13.2 Å². The Balaban J connectivity index is 1.92. The first-order valence-electron chi connectivity index (χ1n) is 8.09. The lowest BCUT2D eigenvalue weighted by molar-refractivity contribution is -0.151. The summed E-state index contributed by atoms with van der Waals surface area (Å²) in [4.78, 5) is 3.89. The minimum Gasteiger partial charge on any atom is -0.329 e. The summed E-state index contributed by atoms with van der Waals surface area (Å²) in [6.45, 7) is 4.54. The Bertz CT molecular complexity index is 327. The van der Waals surface area contributed by atoms with Crippen molar-refractivity contribution in [3.8, 4) is 0 Å². The smallest absolute Gasteiger partial charge is 0.329 e. The van der Waals surface area contributed by atoms with Gasteiger partial charge in [-0.25, -0.2) is 0 Å². The van der Waals surface area contributed by atoms with Crippen molar-refractivity contribution in [3.05, 3.63) is 0 Å². The van der Waals surface area contributed by atoms with Crippen LogP contribution in [0.2, 0.25) is 0 Å². The van der Waals surface area contributed by atoms with Crippen LogP contribution in [0.5, 0.6) is 0 Å². The number of alkyl halides is 3. The molecule has 0 aromatic rings. The van der Waals surface area contributed by atoms with Crippen molar-refractivity contribution in [2.75, 3.05) is 39.3 Å². The summed E-state index contributed by atoms with van der Waals surface area (Å²) in [5.41, 5.74) is 6.11. The predicted molar refractivity (Wildman–Crippen MR) is 78.1 cm³/mol. The molecule has 1 aliphatic carbocycles. The van der Waals surface area contributed by atoms with Gasteiger partial charge in [-0.1, -0.05) is 19.8 Å². The molecule has 1 aliphatic heterocycles. The van der Waals surface area contributed by atoms with E-state index in [4.69, 9.17) is 5.73 Å². The SMILES string of the molecule is CC1CCCC(CN)(N2CCN(CC(F)(F)F)CC2)CC1. The summed E-state index contributed by atoms with van der Waals surface area (Å²) in [6.07, 6.45) is 1.69. The summed E-state index contributed by atoms with van der Waals surface area (Å²) >= 11 is 0. The number of hydrogen-bond donors (Lipinski definition) is 1. The van der Waals surface area contributed by atoms with Gasteiger partial charge in [-0.15, -0.1) is 0 Å². The molecule has 2 aliphatic rings. The van der Waals surface area contributed by atoms with Crippen LogP contribution in [-0.4, -0.2) is 60.8 Å². The molecular weight excluding hydrogens is 279 g/mol. The summed E-state index contributed by atoms with van der Waals surface area (Å²) in [6, 6.07) is 0. The van der Waals surface area contributed by atoms with Crippen molar-refractivity contribution < 1.29 is 13.2 Å². The van der Waals surface area contributed by atoms with E-state index in [1.54, 1.807) is 0 Å². The highest BCUT2D eigenvalue weighted by Crippen LogP contribution is 2.35. The number of hydrogen-bond acceptors (Lipinski definition) is 3. The summed E-state index contributed by atoms with van der Waals surface area (Å²) in [5, 5.41) is 0. The molecule has 21 heavy (non-hydrogen) atoms. The van der Waals surface area contributed by atoms with Gasteiger partial charge in [0.05, 0.1) is 6.54 Å². The lowest BCUT2D eigenvalue weighted by Crippen LogP contribution is -2.60. The van der Waals surface area contributed by atoms with Crippen LogP contribution < -0.4 is 5.73 Å². The molecule has 1 heterocycles. The fourth-order valence-corrected chi connectivity index (χ4v) is 3.85. The van der Waals surface area contributed by atoms with Gasteiger partial charge in [0.1, 0.15) is 0 Å². The zero-order valence-electron chi connectivity index (χ0n) is 13.0. The first kappa shape index (κ1) is 17.0. The maximum atomic E-state index is 12.5. The summed E-state index contributed by atoms with van der Waals surface area (Å²) in [5.74, 6) is 0.741. The number of piperazine rings is 1. The summed E-state index contributed by atoms with van der Waals surface area (Å²) < 4.78 is 37.4. The van der Waals surface area contributed by atoms with Gasteiger partial charge in [-0.3, -0.25) is 9.80 Å². The van der Waals surface area contributed by atoms with E-state index in [1.807, 2.05) is 0 Å². The van der Waals surface area contributed by atoms with E-state index < -0.39 is 12.7 Å². The van der Waals surface area contributed by atoms with Crippen molar-refractivity contribution >= 4 is 0 Å². The molecule has 124 valence electrons. The van der Waals surface area contributed by atoms with Crippen LogP contribution in [0.4, 0.5) is 13.2 Å². The van der Waals surface area contributed by atoms with Gasteiger partial charge in [-0.05, 0) is 25.2 Å². The minimum absolute atomic E-state index is 0.0229. The van der Waals surface area contributed by atoms with Crippen LogP contribution in [0.25, 0.3) is 0 Å². The topological polar surface area (TPSA) is 32.5 Å². The third-order valence-electron chi connectivity index (χ3n) is 5.27. The van der Waals surface area contributed by atoms with Crippen molar-refractivity contribution in [3.63, 3.8) is 0 Å². The highest BCUT2D eigenvalue weighted by Gasteiger charge is 2.39. The third kappa shape index (κ3) is 4.57. The Kier molecular flexibility index (Phi) is 5.54. The fourth-order valence-electron chi connectivity index (χ4n) is 3.85. The number of halogens is 3. The van der Waals surface area contributed by atoms with E-state index in [0.29, 0.717) is 32.7 Å². The first-order valence-corrected chi connectivity index (χ1v) is 8.09. The predicted octanol–water partition coefficient (Wildman–Crippen LogP) is 2.46. The van der Waals surface area contributed by atoms with Crippen molar-refractivity contribution in [1.82, 2.24) is 9.80 Å². The molecule has 2 N–H and O–H groups in total. The van der Waals surface area contributed by atoms with Gasteiger partial charge >= 0.3 is 6.18 Å². The van der Waals surface area contributed by atoms with Crippen LogP contribution in [0.3, 0.4) is 0 Å². The maximum absolute atomic E-state index is 12.5. The third-order valence-corrected chi connectivity index (χ3v) is 5.27. The van der Waals surface area contributed by atoms with Crippen molar-refractivity contribution in [1.29, 1.82) is 0 Å². The second-order valence-electron chi connectivity index (χ2n) is 6.84. The van der Waals surface area contributed by atoms with Crippen LogP contribution in [0.15, 0.2) is 0 Å². The zero-order valence-corrected chi connectivity index (χ0v) is 13.0. The molecule has 0 spiro atoms. The van der Waals surface area contributed by atoms with E-state index in [9.17, 15) is 13.2 Å². The normalized spacial score (nSPS) is 33.9. The molecule has 2 unspecified atom stereocenters. The van der Waals surface area contributed by atoms with E-state index in [-0.39, 0.29) is 5.54 Å². The summed E-state index contributed by atoms with van der Waals surface area (Å²) in [7, 11) is 0. The number of rotatable bonds is 3. The van der Waals surface area contributed by atoms with E-state index in [2.05, 4.69) is 11.8 Å². The van der Waals surface area contributed by atoms with E-state index in [0.717, 1.165) is 18.8 Å². The molecule has 3 nitrogen and oxygen atoms in total. The Hall–Kier alpha value is -0.330.